The molecule has 0 spiro atoms. The molecule has 5 nitrogen and oxygen atoms in total. The molecule has 0 bridgehead atoms. The van der Waals surface area contributed by atoms with Crippen LogP contribution in [0.25, 0.3) is 5.69 Å². The van der Waals surface area contributed by atoms with Crippen molar-refractivity contribution < 1.29 is 0 Å². The van der Waals surface area contributed by atoms with Gasteiger partial charge in [0.1, 0.15) is 0 Å². The van der Waals surface area contributed by atoms with Crippen molar-refractivity contribution in [3.05, 3.63) is 47.3 Å². The van der Waals surface area contributed by atoms with Crippen LogP contribution < -0.4 is 5.73 Å². The molecule has 3 rings (SSSR count). The van der Waals surface area contributed by atoms with Gasteiger partial charge >= 0.3 is 0 Å². The van der Waals surface area contributed by atoms with Crippen LogP contribution in [0.5, 0.6) is 0 Å². The van der Waals surface area contributed by atoms with Gasteiger partial charge in [0.25, 0.3) is 0 Å². The highest BCUT2D eigenvalue weighted by Crippen LogP contribution is 2.19. The molecule has 1 aliphatic heterocycles. The molecule has 1 saturated heterocycles. The number of hydrogen-bond donors (Lipinski definition) is 1. The number of rotatable bonds is 3. The Bertz CT molecular complexity index is 687. The summed E-state index contributed by atoms with van der Waals surface area (Å²) in [6.45, 7) is 6.77. The summed E-state index contributed by atoms with van der Waals surface area (Å²) in [5.41, 5.74) is 10.5. The number of aromatic nitrogens is 2. The average Bonchev–Trinajstić information content (AvgIpc) is 2.88. The first-order chi connectivity index (χ1) is 11.2. The lowest BCUT2D eigenvalue weighted by atomic mass is 10.1. The van der Waals surface area contributed by atoms with Gasteiger partial charge in [-0.05, 0) is 45.2 Å². The predicted molar refractivity (Wildman–Crippen MR) is 109 cm³/mol. The van der Waals surface area contributed by atoms with E-state index in [1.807, 2.05) is 29.8 Å². The number of aliphatic imine (C=N–C) groups is 1. The quantitative estimate of drug-likeness (QED) is 0.453. The maximum Gasteiger partial charge on any atom is 0.191 e. The molecule has 6 heteroatoms. The molecule has 0 amide bonds. The molecule has 2 heterocycles. The fourth-order valence-corrected chi connectivity index (χ4v) is 3.11. The zero-order valence-corrected chi connectivity index (χ0v) is 16.7. The van der Waals surface area contributed by atoms with Gasteiger partial charge in [-0.1, -0.05) is 18.2 Å². The average molecular weight is 439 g/mol. The molecule has 24 heavy (non-hydrogen) atoms. The summed E-state index contributed by atoms with van der Waals surface area (Å²) in [5, 5.41) is 4.66. The van der Waals surface area contributed by atoms with Crippen LogP contribution in [0.4, 0.5) is 0 Å². The molecular formula is C18H26IN5. The predicted octanol–water partition coefficient (Wildman–Crippen LogP) is 3.41. The molecule has 130 valence electrons. The van der Waals surface area contributed by atoms with Crippen LogP contribution >= 0.6 is 24.0 Å². The van der Waals surface area contributed by atoms with E-state index < -0.39 is 0 Å². The lowest BCUT2D eigenvalue weighted by Crippen LogP contribution is -2.40. The van der Waals surface area contributed by atoms with Gasteiger partial charge in [0, 0.05) is 24.3 Å². The highest BCUT2D eigenvalue weighted by atomic mass is 127. The van der Waals surface area contributed by atoms with E-state index in [0.29, 0.717) is 12.5 Å². The third-order valence-corrected chi connectivity index (χ3v) is 4.52. The van der Waals surface area contributed by atoms with Crippen molar-refractivity contribution in [2.75, 3.05) is 13.1 Å². The monoisotopic (exact) mass is 439 g/mol. The Morgan fingerprint density at radius 3 is 2.46 bits per heavy atom. The minimum atomic E-state index is 0. The summed E-state index contributed by atoms with van der Waals surface area (Å²) in [6.07, 6.45) is 3.71. The second-order valence-corrected chi connectivity index (χ2v) is 6.12. The van der Waals surface area contributed by atoms with Gasteiger partial charge in [-0.2, -0.15) is 5.10 Å². The molecule has 2 aromatic rings. The van der Waals surface area contributed by atoms with Gasteiger partial charge in [0.15, 0.2) is 5.96 Å². The maximum atomic E-state index is 6.16. The molecule has 0 unspecified atom stereocenters. The zero-order valence-electron chi connectivity index (χ0n) is 14.4. The fourth-order valence-electron chi connectivity index (χ4n) is 3.11. The Hall–Kier alpha value is -1.57. The van der Waals surface area contributed by atoms with Crippen molar-refractivity contribution in [2.24, 2.45) is 10.7 Å². The highest BCUT2D eigenvalue weighted by molar-refractivity contribution is 14.0. The van der Waals surface area contributed by atoms with Crippen LogP contribution in [0, 0.1) is 13.8 Å². The van der Waals surface area contributed by atoms with Crippen molar-refractivity contribution in [1.29, 1.82) is 0 Å². The van der Waals surface area contributed by atoms with Crippen molar-refractivity contribution in [3.8, 4) is 5.69 Å². The Morgan fingerprint density at radius 1 is 1.12 bits per heavy atom. The molecule has 1 aromatic heterocycles. The van der Waals surface area contributed by atoms with Crippen molar-refractivity contribution in [1.82, 2.24) is 14.7 Å². The Morgan fingerprint density at radius 2 is 1.79 bits per heavy atom. The van der Waals surface area contributed by atoms with Gasteiger partial charge in [-0.25, -0.2) is 9.67 Å². The molecule has 1 aliphatic rings. The minimum Gasteiger partial charge on any atom is -0.370 e. The van der Waals surface area contributed by atoms with Crippen molar-refractivity contribution in [3.63, 3.8) is 0 Å². The number of para-hydroxylation sites is 1. The van der Waals surface area contributed by atoms with Gasteiger partial charge in [0.05, 0.1) is 17.9 Å². The summed E-state index contributed by atoms with van der Waals surface area (Å²) in [4.78, 5) is 6.80. The number of piperidine rings is 1. The first-order valence-electron chi connectivity index (χ1n) is 8.32. The van der Waals surface area contributed by atoms with E-state index in [1.54, 1.807) is 0 Å². The summed E-state index contributed by atoms with van der Waals surface area (Å²) in [7, 11) is 0. The SMILES string of the molecule is Cc1nn(-c2ccccc2)c(C)c1CN=C(N)N1CCCCC1.I. The van der Waals surface area contributed by atoms with Crippen molar-refractivity contribution >= 4 is 29.9 Å². The zero-order chi connectivity index (χ0) is 16.2. The van der Waals surface area contributed by atoms with Gasteiger partial charge in [-0.15, -0.1) is 24.0 Å². The van der Waals surface area contributed by atoms with Gasteiger partial charge in [0.2, 0.25) is 0 Å². The van der Waals surface area contributed by atoms with E-state index in [1.165, 1.54) is 19.3 Å². The van der Waals surface area contributed by atoms with Crippen molar-refractivity contribution in [2.45, 2.75) is 39.7 Å². The van der Waals surface area contributed by atoms with E-state index in [4.69, 9.17) is 5.73 Å². The van der Waals surface area contributed by atoms with Crippen LogP contribution in [0.3, 0.4) is 0 Å². The standard InChI is InChI=1S/C18H25N5.HI/c1-14-17(13-20-18(19)22-11-7-4-8-12-22)15(2)23(21-14)16-9-5-3-6-10-16;/h3,5-6,9-10H,4,7-8,11-13H2,1-2H3,(H2,19,20);1H. The fraction of sp³-hybridized carbons (Fsp3) is 0.444. The molecule has 0 saturated carbocycles. The van der Waals surface area contributed by atoms with E-state index in [0.717, 1.165) is 35.7 Å². The summed E-state index contributed by atoms with van der Waals surface area (Å²) in [6, 6.07) is 10.2. The molecule has 1 fully saturated rings. The van der Waals surface area contributed by atoms with E-state index in [-0.39, 0.29) is 24.0 Å². The number of nitrogens with zero attached hydrogens (tertiary/aromatic N) is 4. The Kier molecular flexibility index (Phi) is 6.65. The largest absolute Gasteiger partial charge is 0.370 e. The summed E-state index contributed by atoms with van der Waals surface area (Å²) in [5.74, 6) is 0.663. The highest BCUT2D eigenvalue weighted by Gasteiger charge is 2.14. The number of halogens is 1. The normalized spacial score (nSPS) is 15.2. The molecule has 0 aliphatic carbocycles. The number of likely N-dealkylation sites (tertiary alicyclic amines) is 1. The number of benzene rings is 1. The molecule has 1 aromatic carbocycles. The topological polar surface area (TPSA) is 59.4 Å². The third-order valence-electron chi connectivity index (χ3n) is 4.52. The van der Waals surface area contributed by atoms with Crippen LogP contribution in [-0.2, 0) is 6.54 Å². The summed E-state index contributed by atoms with van der Waals surface area (Å²) >= 11 is 0. The van der Waals surface area contributed by atoms with Crippen LogP contribution in [0.2, 0.25) is 0 Å². The minimum absolute atomic E-state index is 0. The van der Waals surface area contributed by atoms with E-state index in [2.05, 4.69) is 34.0 Å². The van der Waals surface area contributed by atoms with Crippen LogP contribution in [0.1, 0.15) is 36.2 Å². The van der Waals surface area contributed by atoms with Gasteiger partial charge < -0.3 is 10.6 Å². The lowest BCUT2D eigenvalue weighted by molar-refractivity contribution is 0.338. The second kappa shape index (κ2) is 8.50. The molecule has 2 N–H and O–H groups in total. The summed E-state index contributed by atoms with van der Waals surface area (Å²) < 4.78 is 1.98. The molecular weight excluding hydrogens is 413 g/mol. The third kappa shape index (κ3) is 4.09. The second-order valence-electron chi connectivity index (χ2n) is 6.12. The lowest BCUT2D eigenvalue weighted by Gasteiger charge is -2.27. The van der Waals surface area contributed by atoms with E-state index in [9.17, 15) is 0 Å². The van der Waals surface area contributed by atoms with Crippen LogP contribution in [0.15, 0.2) is 35.3 Å². The van der Waals surface area contributed by atoms with Crippen LogP contribution in [-0.4, -0.2) is 33.7 Å². The molecule has 0 atom stereocenters. The van der Waals surface area contributed by atoms with Gasteiger partial charge in [-0.3, -0.25) is 0 Å². The number of nitrogens with two attached hydrogens (primary N) is 1. The number of aryl methyl sites for hydroxylation is 1. The Labute approximate surface area is 161 Å². The number of hydrogen-bond acceptors (Lipinski definition) is 2. The number of guanidine groups is 1. The first kappa shape index (κ1) is 18.8. The molecule has 0 radical (unpaired) electrons. The maximum absolute atomic E-state index is 6.16. The Balaban J connectivity index is 0.00000208. The first-order valence-corrected chi connectivity index (χ1v) is 8.32. The smallest absolute Gasteiger partial charge is 0.191 e. The van der Waals surface area contributed by atoms with E-state index >= 15 is 0 Å².